The molecule has 4 aliphatic rings. The van der Waals surface area contributed by atoms with E-state index in [1.54, 1.807) is 57.2 Å². The minimum absolute atomic E-state index is 0.0884. The Morgan fingerprint density at radius 2 is 1.30 bits per heavy atom. The molecule has 4 heterocycles. The van der Waals surface area contributed by atoms with E-state index in [2.05, 4.69) is 10.2 Å². The molecule has 19 atom stereocenters. The molecular weight excluding hydrogens is 947 g/mol. The van der Waals surface area contributed by atoms with Crippen molar-refractivity contribution in [3.05, 3.63) is 85.1 Å². The average molecular weight is 1030 g/mol. The van der Waals surface area contributed by atoms with Crippen molar-refractivity contribution < 1.29 is 79.6 Å². The van der Waals surface area contributed by atoms with Crippen molar-refractivity contribution in [2.24, 2.45) is 23.5 Å². The topological polar surface area (TPSA) is 315 Å². The zero-order valence-corrected chi connectivity index (χ0v) is 43.0. The van der Waals surface area contributed by atoms with Gasteiger partial charge in [0.05, 0.1) is 85.5 Å². The lowest BCUT2D eigenvalue weighted by Crippen LogP contribution is -2.62. The van der Waals surface area contributed by atoms with Gasteiger partial charge >= 0.3 is 5.97 Å². The van der Waals surface area contributed by atoms with Crippen molar-refractivity contribution in [1.82, 2.24) is 10.2 Å². The van der Waals surface area contributed by atoms with Gasteiger partial charge in [-0.2, -0.15) is 0 Å². The summed E-state index contributed by atoms with van der Waals surface area (Å²) in [4.78, 5) is 29.0. The SMILES string of the molecule is C[C@@H]1[C@H](O)[C@@H](C)/C=C/C=C/C=C/C=C/C=C/C=C/C=C/[C@H](O[C@@H]2O[C@H](C)[C@@H](O)[C@H](N)[C@@H]2O)C[C@@H]2O[C@](O)(C[C@@H](O)C[C@@H](O)[C@H](O)CC[C@@H](O)C[C@@H](O)CC(=O)O[C@H]1C)C[C@H](O)[C@H]2C(=O)NCCN1CCCCC1. The van der Waals surface area contributed by atoms with Gasteiger partial charge < -0.3 is 86.0 Å². The van der Waals surface area contributed by atoms with Crippen molar-refractivity contribution in [2.45, 2.75) is 196 Å². The van der Waals surface area contributed by atoms with Gasteiger partial charge in [-0.05, 0) is 59.0 Å². The average Bonchev–Trinajstić information content (AvgIpc) is 3.33. The number of likely N-dealkylation sites (tertiary alicyclic amines) is 1. The van der Waals surface area contributed by atoms with E-state index in [4.69, 9.17) is 24.7 Å². The summed E-state index contributed by atoms with van der Waals surface area (Å²) in [5.41, 5.74) is 6.14. The van der Waals surface area contributed by atoms with Crippen LogP contribution in [0.25, 0.3) is 0 Å². The Morgan fingerprint density at radius 3 is 1.93 bits per heavy atom. The Hall–Kier alpha value is -3.48. The highest BCUT2D eigenvalue weighted by Gasteiger charge is 2.51. The van der Waals surface area contributed by atoms with Gasteiger partial charge in [-0.3, -0.25) is 9.59 Å². The number of nitrogens with two attached hydrogens (primary N) is 1. The van der Waals surface area contributed by atoms with Gasteiger partial charge in [0, 0.05) is 50.6 Å². The fourth-order valence-electron chi connectivity index (χ4n) is 9.63. The third-order valence-electron chi connectivity index (χ3n) is 14.2. The summed E-state index contributed by atoms with van der Waals surface area (Å²) in [6.07, 6.45) is 8.39. The number of fused-ring (bicyclic) bond motifs is 2. The third-order valence-corrected chi connectivity index (χ3v) is 14.2. The molecule has 2 bridgehead atoms. The Labute approximate surface area is 431 Å². The lowest BCUT2D eigenvalue weighted by Gasteiger charge is -2.46. The van der Waals surface area contributed by atoms with Crippen LogP contribution < -0.4 is 11.1 Å². The molecule has 73 heavy (non-hydrogen) atoms. The van der Waals surface area contributed by atoms with Gasteiger partial charge in [0.1, 0.15) is 12.2 Å². The van der Waals surface area contributed by atoms with E-state index < -0.39 is 147 Å². The molecule has 0 saturated carbocycles. The van der Waals surface area contributed by atoms with Gasteiger partial charge in [-0.15, -0.1) is 0 Å². The molecule has 13 N–H and O–H groups in total. The van der Waals surface area contributed by atoms with Gasteiger partial charge in [0.25, 0.3) is 0 Å². The van der Waals surface area contributed by atoms with Gasteiger partial charge in [-0.1, -0.05) is 105 Å². The second-order valence-electron chi connectivity index (χ2n) is 20.4. The Morgan fingerprint density at radius 1 is 0.699 bits per heavy atom. The number of esters is 1. The van der Waals surface area contributed by atoms with E-state index in [0.29, 0.717) is 6.54 Å². The van der Waals surface area contributed by atoms with Crippen molar-refractivity contribution in [3.63, 3.8) is 0 Å². The number of ether oxygens (including phenoxy) is 4. The zero-order chi connectivity index (χ0) is 53.7. The maximum atomic E-state index is 14.0. The number of nitrogens with zero attached hydrogens (tertiary/aromatic N) is 1. The monoisotopic (exact) mass is 1030 g/mol. The lowest BCUT2D eigenvalue weighted by atomic mass is 9.82. The highest BCUT2D eigenvalue weighted by molar-refractivity contribution is 5.80. The van der Waals surface area contributed by atoms with Crippen LogP contribution in [0, 0.1) is 17.8 Å². The summed E-state index contributed by atoms with van der Waals surface area (Å²) < 4.78 is 23.9. The molecule has 0 aromatic heterocycles. The molecule has 0 unspecified atom stereocenters. The van der Waals surface area contributed by atoms with Crippen LogP contribution in [-0.2, 0) is 28.5 Å². The lowest BCUT2D eigenvalue weighted by molar-refractivity contribution is -0.307. The number of rotatable bonds is 6. The van der Waals surface area contributed by atoms with E-state index in [9.17, 15) is 60.7 Å². The normalized spacial score (nSPS) is 43.3. The van der Waals surface area contributed by atoms with E-state index in [1.807, 2.05) is 55.5 Å². The number of nitrogens with one attached hydrogen (secondary N) is 1. The second-order valence-corrected chi connectivity index (χ2v) is 20.4. The van der Waals surface area contributed by atoms with Gasteiger partial charge in [0.15, 0.2) is 12.1 Å². The molecule has 19 heteroatoms. The zero-order valence-electron chi connectivity index (χ0n) is 43.0. The Balaban J connectivity index is 1.59. The smallest absolute Gasteiger partial charge is 0.308 e. The third kappa shape index (κ3) is 21.2. The predicted molar refractivity (Wildman–Crippen MR) is 273 cm³/mol. The molecule has 3 fully saturated rings. The molecule has 0 aliphatic carbocycles. The fourth-order valence-corrected chi connectivity index (χ4v) is 9.63. The van der Waals surface area contributed by atoms with Crippen LogP contribution in [0.15, 0.2) is 85.1 Å². The number of carbonyl (C=O) groups excluding carboxylic acids is 2. The summed E-state index contributed by atoms with van der Waals surface area (Å²) in [7, 11) is 0. The minimum atomic E-state index is -2.26. The van der Waals surface area contributed by atoms with Crippen molar-refractivity contribution in [2.75, 3.05) is 26.2 Å². The van der Waals surface area contributed by atoms with Gasteiger partial charge in [-0.25, -0.2) is 0 Å². The first-order valence-electron chi connectivity index (χ1n) is 26.1. The maximum Gasteiger partial charge on any atom is 0.308 e. The van der Waals surface area contributed by atoms with Crippen LogP contribution in [0.5, 0.6) is 0 Å². The van der Waals surface area contributed by atoms with E-state index in [1.165, 1.54) is 0 Å². The van der Waals surface area contributed by atoms with Crippen LogP contribution in [0.2, 0.25) is 0 Å². The standard InChI is InChI=1S/C54H87N3O16/c1-34-20-16-13-11-9-7-5-6-8-10-12-14-17-21-41(72-53-51(67)48(55)50(66)37(4)71-53)31-45-47(52(68)56-24-27-57-25-18-15-19-26-57)44(63)33-54(69,73-45)32-40(60)29-43(62)42(61)23-22-38(58)28-39(59)30-46(64)70-36(3)35(2)49(34)65/h5-14,16-17,20-21,34-45,47-51,53,58-63,65-67,69H,15,18-19,22-33,55H2,1-4H3,(H,56,68)/b6-5+,9-7+,10-8+,13-11+,14-12+,20-16+,21-17+/t34-,35-,36-,37+,38+,39+,40-,41-,42+,43+,44-,45-,47+,48-,49+,50+,51-,53-,54+/m0/s1. The van der Waals surface area contributed by atoms with Crippen LogP contribution in [0.1, 0.15) is 98.3 Å². The summed E-state index contributed by atoms with van der Waals surface area (Å²) in [5, 5.41) is 113. The first kappa shape index (κ1) is 62.1. The van der Waals surface area contributed by atoms with Crippen LogP contribution in [-0.4, -0.2) is 191 Å². The largest absolute Gasteiger partial charge is 0.462 e. The number of piperidine rings is 1. The molecule has 0 aromatic carbocycles. The number of hydrogen-bond donors (Lipinski definition) is 12. The molecular formula is C54H87N3O16. The number of amides is 1. The molecule has 414 valence electrons. The number of aliphatic hydroxyl groups is 10. The molecule has 0 radical (unpaired) electrons. The first-order valence-corrected chi connectivity index (χ1v) is 26.1. The van der Waals surface area contributed by atoms with E-state index in [0.717, 1.165) is 32.4 Å². The van der Waals surface area contributed by atoms with Crippen LogP contribution in [0.3, 0.4) is 0 Å². The van der Waals surface area contributed by atoms with E-state index in [-0.39, 0.29) is 38.1 Å². The van der Waals surface area contributed by atoms with Crippen molar-refractivity contribution >= 4 is 11.9 Å². The highest BCUT2D eigenvalue weighted by Crippen LogP contribution is 2.38. The fraction of sp³-hybridized carbons (Fsp3) is 0.704. The molecule has 19 nitrogen and oxygen atoms in total. The minimum Gasteiger partial charge on any atom is -0.462 e. The molecule has 4 aliphatic heterocycles. The molecule has 0 aromatic rings. The Kier molecular flexibility index (Phi) is 26.8. The summed E-state index contributed by atoms with van der Waals surface area (Å²) in [6.45, 7) is 9.51. The first-order chi connectivity index (χ1) is 34.7. The number of allylic oxidation sites excluding steroid dienone is 12. The maximum absolute atomic E-state index is 14.0. The molecule has 4 rings (SSSR count). The number of cyclic esters (lactones) is 1. The summed E-state index contributed by atoms with van der Waals surface area (Å²) >= 11 is 0. The summed E-state index contributed by atoms with van der Waals surface area (Å²) in [5.74, 6) is -5.49. The van der Waals surface area contributed by atoms with Crippen molar-refractivity contribution in [3.8, 4) is 0 Å². The highest BCUT2D eigenvalue weighted by atomic mass is 16.7. The van der Waals surface area contributed by atoms with Crippen LogP contribution in [0.4, 0.5) is 0 Å². The molecule has 1 amide bonds. The number of carbonyl (C=O) groups is 2. The quantitative estimate of drug-likeness (QED) is 0.167. The number of aliphatic hydroxyl groups excluding tert-OH is 9. The Bertz CT molecular complexity index is 1860. The predicted octanol–water partition coefficient (Wildman–Crippen LogP) is 1.23. The van der Waals surface area contributed by atoms with Crippen LogP contribution >= 0.6 is 0 Å². The van der Waals surface area contributed by atoms with Gasteiger partial charge in [0.2, 0.25) is 5.91 Å². The molecule has 0 spiro atoms. The van der Waals surface area contributed by atoms with E-state index >= 15 is 0 Å². The number of hydrogen-bond acceptors (Lipinski definition) is 18. The second kappa shape index (κ2) is 31.5. The summed E-state index contributed by atoms with van der Waals surface area (Å²) in [6, 6.07) is -1.12. The van der Waals surface area contributed by atoms with Crippen molar-refractivity contribution in [1.29, 1.82) is 0 Å². The molecule has 3 saturated heterocycles.